The molecule has 10 nitrogen and oxygen atoms in total. The fraction of sp³-hybridized carbons (Fsp3) is 0.415. The number of rotatable bonds is 10. The lowest BCUT2D eigenvalue weighted by atomic mass is 9.95. The zero-order chi connectivity index (χ0) is 35.2. The lowest BCUT2D eigenvalue weighted by Gasteiger charge is -2.29. The number of hydrogen-bond donors (Lipinski definition) is 2. The van der Waals surface area contributed by atoms with Crippen LogP contribution in [0.5, 0.6) is 0 Å². The topological polar surface area (TPSA) is 113 Å². The van der Waals surface area contributed by atoms with Crippen LogP contribution >= 0.6 is 0 Å². The molecule has 0 unspecified atom stereocenters. The highest BCUT2D eigenvalue weighted by molar-refractivity contribution is 6.38. The number of aromatic amines is 2. The normalized spacial score (nSPS) is 19.0. The first kappa shape index (κ1) is 33.0. The number of fused-ring (bicyclic) bond motifs is 2. The van der Waals surface area contributed by atoms with Crippen molar-refractivity contribution in [2.75, 3.05) is 40.3 Å². The highest BCUT2D eigenvalue weighted by atomic mass is 16.2. The fourth-order valence-electron chi connectivity index (χ4n) is 8.65. The van der Waals surface area contributed by atoms with Crippen LogP contribution < -0.4 is 0 Å². The second-order valence-corrected chi connectivity index (χ2v) is 14.5. The molecule has 8 rings (SSSR count). The van der Waals surface area contributed by atoms with Gasteiger partial charge in [0.25, 0.3) is 23.6 Å². The fourth-order valence-corrected chi connectivity index (χ4v) is 8.65. The summed E-state index contributed by atoms with van der Waals surface area (Å²) in [5, 5.41) is 1.93. The van der Waals surface area contributed by atoms with Crippen molar-refractivity contribution in [3.63, 3.8) is 0 Å². The number of likely N-dealkylation sites (N-methyl/N-ethyl adjacent to an activating group) is 2. The summed E-state index contributed by atoms with van der Waals surface area (Å²) in [6, 6.07) is 16.1. The zero-order valence-electron chi connectivity index (χ0n) is 29.6. The van der Waals surface area contributed by atoms with Crippen molar-refractivity contribution < 1.29 is 19.2 Å². The van der Waals surface area contributed by atoms with Gasteiger partial charge in [-0.25, -0.2) is 0 Å². The third kappa shape index (κ3) is 5.65. The molecule has 2 N–H and O–H groups in total. The zero-order valence-corrected chi connectivity index (χ0v) is 29.6. The second-order valence-electron chi connectivity index (χ2n) is 14.5. The summed E-state index contributed by atoms with van der Waals surface area (Å²) in [4.78, 5) is 68.5. The molecular weight excluding hydrogens is 640 g/mol. The molecule has 6 heterocycles. The lowest BCUT2D eigenvalue weighted by molar-refractivity contribution is -0.137. The van der Waals surface area contributed by atoms with Gasteiger partial charge in [-0.05, 0) is 76.3 Å². The van der Waals surface area contributed by atoms with Crippen molar-refractivity contribution >= 4 is 56.6 Å². The van der Waals surface area contributed by atoms with E-state index >= 15 is 0 Å². The Morgan fingerprint density at radius 3 is 1.31 bits per heavy atom. The molecule has 4 aliphatic rings. The number of para-hydroxylation sites is 2. The average Bonchev–Trinajstić information content (AvgIpc) is 3.84. The molecule has 0 aliphatic carbocycles. The number of aromatic nitrogens is 2. The minimum Gasteiger partial charge on any atom is -0.366 e. The Bertz CT molecular complexity index is 1970. The summed E-state index contributed by atoms with van der Waals surface area (Å²) in [7, 11) is 3.18. The quantitative estimate of drug-likeness (QED) is 0.157. The molecule has 4 aromatic rings. The molecule has 51 heavy (non-hydrogen) atoms. The van der Waals surface area contributed by atoms with E-state index < -0.39 is 0 Å². The number of likely N-dealkylation sites (tertiary alicyclic amines) is 2. The van der Waals surface area contributed by atoms with E-state index in [-0.39, 0.29) is 23.6 Å². The Balaban J connectivity index is 1.07. The van der Waals surface area contributed by atoms with Gasteiger partial charge < -0.3 is 19.8 Å². The summed E-state index contributed by atoms with van der Waals surface area (Å²) in [6.45, 7) is 3.13. The Kier molecular flexibility index (Phi) is 8.78. The maximum absolute atomic E-state index is 13.7. The molecule has 0 atom stereocenters. The van der Waals surface area contributed by atoms with E-state index in [4.69, 9.17) is 0 Å². The Hall–Kier alpha value is -5.12. The maximum atomic E-state index is 13.7. The Morgan fingerprint density at radius 1 is 0.510 bits per heavy atom. The smallest absolute Gasteiger partial charge is 0.277 e. The van der Waals surface area contributed by atoms with Gasteiger partial charge in [0.2, 0.25) is 0 Å². The second kappa shape index (κ2) is 13.5. The summed E-state index contributed by atoms with van der Waals surface area (Å²) in [6.07, 6.45) is 10.5. The van der Waals surface area contributed by atoms with Crippen LogP contribution in [0.1, 0.15) is 80.3 Å². The largest absolute Gasteiger partial charge is 0.366 e. The number of piperidine rings is 2. The predicted octanol–water partition coefficient (Wildman–Crippen LogP) is 6.00. The number of carbonyl (C=O) groups is 4. The lowest BCUT2D eigenvalue weighted by Crippen LogP contribution is -2.35. The minimum absolute atomic E-state index is 0.213. The maximum Gasteiger partial charge on any atom is 0.277 e. The Labute approximate surface area is 298 Å². The molecule has 264 valence electrons. The molecule has 2 saturated heterocycles. The van der Waals surface area contributed by atoms with Gasteiger partial charge in [0, 0.05) is 84.6 Å². The van der Waals surface area contributed by atoms with Gasteiger partial charge in [-0.1, -0.05) is 42.8 Å². The van der Waals surface area contributed by atoms with Gasteiger partial charge in [0.15, 0.2) is 0 Å². The van der Waals surface area contributed by atoms with Gasteiger partial charge >= 0.3 is 0 Å². The number of amides is 4. The van der Waals surface area contributed by atoms with Crippen LogP contribution in [-0.2, 0) is 32.0 Å². The predicted molar refractivity (Wildman–Crippen MR) is 198 cm³/mol. The first-order chi connectivity index (χ1) is 24.8. The van der Waals surface area contributed by atoms with Crippen LogP contribution in [0.4, 0.5) is 0 Å². The number of nitrogens with one attached hydrogen (secondary N) is 2. The number of unbranched alkanes of at least 4 members (excludes halogenated alkanes) is 2. The first-order valence-electron chi connectivity index (χ1n) is 18.7. The SMILES string of the molecule is CN1C(=O)C(c2c(CCCCCc3[nH]c4ccccc4c3C3=C(N4CCCCC4)C(=O)N(C)C3=O)[nH]c3ccccc23)=C(N2CCCCC2)C1=O. The summed E-state index contributed by atoms with van der Waals surface area (Å²) in [5.41, 5.74) is 7.75. The number of benzene rings is 2. The van der Waals surface area contributed by atoms with E-state index in [0.717, 1.165) is 141 Å². The average molecular weight is 687 g/mol. The summed E-state index contributed by atoms with van der Waals surface area (Å²) in [5.74, 6) is -0.896. The highest BCUT2D eigenvalue weighted by Gasteiger charge is 2.43. The van der Waals surface area contributed by atoms with E-state index in [9.17, 15) is 19.2 Å². The molecular formula is C41H46N6O4. The van der Waals surface area contributed by atoms with Gasteiger partial charge in [-0.3, -0.25) is 29.0 Å². The van der Waals surface area contributed by atoms with E-state index in [1.54, 1.807) is 14.1 Å². The third-order valence-corrected chi connectivity index (χ3v) is 11.3. The molecule has 2 aromatic heterocycles. The number of hydrogen-bond acceptors (Lipinski definition) is 6. The van der Waals surface area contributed by atoms with E-state index in [1.165, 1.54) is 9.80 Å². The van der Waals surface area contributed by atoms with Crippen LogP contribution in [0.2, 0.25) is 0 Å². The van der Waals surface area contributed by atoms with E-state index in [1.807, 2.05) is 48.5 Å². The standard InChI is InChI=1S/C41H46N6O4/c1-44-38(48)34(36(40(44)50)46-22-12-4-13-23-46)32-26-16-8-10-18-28(26)42-30(32)20-6-3-7-21-31-33(27-17-9-11-19-29(27)43-31)35-37(41(51)45(2)39(35)49)47-24-14-5-15-25-47/h8-11,16-19,42-43H,3-7,12-15,20-25H2,1-2H3. The molecule has 0 radical (unpaired) electrons. The van der Waals surface area contributed by atoms with E-state index in [2.05, 4.69) is 19.8 Å². The number of H-pyrrole nitrogens is 2. The van der Waals surface area contributed by atoms with Crippen LogP contribution in [0, 0.1) is 0 Å². The van der Waals surface area contributed by atoms with Gasteiger partial charge in [0.05, 0.1) is 11.1 Å². The molecule has 2 aromatic carbocycles. The molecule has 0 bridgehead atoms. The van der Waals surface area contributed by atoms with Gasteiger partial charge in [0.1, 0.15) is 11.4 Å². The van der Waals surface area contributed by atoms with Crippen molar-refractivity contribution in [2.45, 2.75) is 70.6 Å². The van der Waals surface area contributed by atoms with Crippen molar-refractivity contribution in [2.24, 2.45) is 0 Å². The Morgan fingerprint density at radius 2 is 0.902 bits per heavy atom. The molecule has 2 fully saturated rings. The molecule has 4 aliphatic heterocycles. The van der Waals surface area contributed by atoms with Crippen LogP contribution in [0.3, 0.4) is 0 Å². The third-order valence-electron chi connectivity index (χ3n) is 11.3. The van der Waals surface area contributed by atoms with Crippen molar-refractivity contribution in [3.05, 3.63) is 82.4 Å². The van der Waals surface area contributed by atoms with Gasteiger partial charge in [-0.15, -0.1) is 0 Å². The molecule has 10 heteroatoms. The number of aryl methyl sites for hydroxylation is 2. The van der Waals surface area contributed by atoms with Crippen LogP contribution in [0.15, 0.2) is 59.9 Å². The van der Waals surface area contributed by atoms with Crippen molar-refractivity contribution in [3.8, 4) is 0 Å². The number of carbonyl (C=O) groups excluding carboxylic acids is 4. The molecule has 4 amide bonds. The van der Waals surface area contributed by atoms with E-state index in [0.29, 0.717) is 22.5 Å². The number of nitrogens with zero attached hydrogens (tertiary/aromatic N) is 4. The molecule has 0 saturated carbocycles. The van der Waals surface area contributed by atoms with Crippen molar-refractivity contribution in [1.29, 1.82) is 0 Å². The number of imide groups is 2. The van der Waals surface area contributed by atoms with Crippen LogP contribution in [-0.4, -0.2) is 93.5 Å². The van der Waals surface area contributed by atoms with Crippen LogP contribution in [0.25, 0.3) is 33.0 Å². The highest BCUT2D eigenvalue weighted by Crippen LogP contribution is 2.40. The van der Waals surface area contributed by atoms with Crippen molar-refractivity contribution in [1.82, 2.24) is 29.6 Å². The van der Waals surface area contributed by atoms with Gasteiger partial charge in [-0.2, -0.15) is 0 Å². The first-order valence-corrected chi connectivity index (χ1v) is 18.7. The molecule has 0 spiro atoms. The summed E-state index contributed by atoms with van der Waals surface area (Å²) < 4.78 is 0. The minimum atomic E-state index is -0.235. The summed E-state index contributed by atoms with van der Waals surface area (Å²) >= 11 is 0. The monoisotopic (exact) mass is 686 g/mol.